The molecule has 2 aromatic carbocycles. The number of hydrogen-bond acceptors (Lipinski definition) is 5. The lowest BCUT2D eigenvalue weighted by atomic mass is 10.2. The van der Waals surface area contributed by atoms with Crippen LogP contribution in [-0.4, -0.2) is 48.7 Å². The quantitative estimate of drug-likeness (QED) is 0.618. The maximum absolute atomic E-state index is 5.84. The Morgan fingerprint density at radius 3 is 2.04 bits per heavy atom. The van der Waals surface area contributed by atoms with E-state index in [9.17, 15) is 0 Å². The van der Waals surface area contributed by atoms with Gasteiger partial charge in [-0.3, -0.25) is 0 Å². The van der Waals surface area contributed by atoms with Crippen molar-refractivity contribution in [3.8, 4) is 11.5 Å². The largest absolute Gasteiger partial charge is 0.493 e. The summed E-state index contributed by atoms with van der Waals surface area (Å²) in [5.74, 6) is 2.44. The molecule has 1 saturated carbocycles. The highest BCUT2D eigenvalue weighted by Crippen LogP contribution is 2.30. The van der Waals surface area contributed by atoms with Gasteiger partial charge in [0.15, 0.2) is 0 Å². The third-order valence-electron chi connectivity index (χ3n) is 4.37. The Hall–Kier alpha value is -2.40. The zero-order valence-electron chi connectivity index (χ0n) is 14.7. The highest BCUT2D eigenvalue weighted by atomic mass is 16.5. The molecule has 5 heteroatoms. The Balaban J connectivity index is 1.56. The first-order chi connectivity index (χ1) is 12.2. The van der Waals surface area contributed by atoms with Gasteiger partial charge >= 0.3 is 0 Å². The Morgan fingerprint density at radius 2 is 1.48 bits per heavy atom. The molecule has 0 aliphatic heterocycles. The summed E-state index contributed by atoms with van der Waals surface area (Å²) in [6.45, 7) is 2.34. The highest BCUT2D eigenvalue weighted by Gasteiger charge is 2.21. The molecular formula is C20H23N3O2. The van der Waals surface area contributed by atoms with Crippen LogP contribution in [0.4, 0.5) is 0 Å². The average molecular weight is 337 g/mol. The fraction of sp³-hybridized carbons (Fsp3) is 0.400. The maximum atomic E-state index is 5.84. The molecule has 5 nitrogen and oxygen atoms in total. The van der Waals surface area contributed by atoms with Gasteiger partial charge in [0.05, 0.1) is 28.7 Å². The third-order valence-corrected chi connectivity index (χ3v) is 4.37. The molecule has 25 heavy (non-hydrogen) atoms. The Kier molecular flexibility index (Phi) is 4.40. The third kappa shape index (κ3) is 3.99. The van der Waals surface area contributed by atoms with E-state index in [0.29, 0.717) is 6.61 Å². The number of rotatable bonds is 7. The second-order valence-electron chi connectivity index (χ2n) is 6.93. The Labute approximate surface area is 147 Å². The molecule has 1 aromatic heterocycles. The molecule has 0 amide bonds. The van der Waals surface area contributed by atoms with Crippen LogP contribution in [0.3, 0.4) is 0 Å². The van der Waals surface area contributed by atoms with Crippen molar-refractivity contribution in [3.63, 3.8) is 0 Å². The molecule has 0 unspecified atom stereocenters. The van der Waals surface area contributed by atoms with Crippen LogP contribution < -0.4 is 9.47 Å². The molecule has 0 bridgehead atoms. The standard InChI is InChI=1S/C20H23N3O2/c1-23(2)9-10-24-15-5-7-17-19(11-15)21-18-8-6-16(12-20(18)22-17)25-13-14-3-4-14/h5-8,11-12,14H,3-4,9-10,13H2,1-2H3. The van der Waals surface area contributed by atoms with E-state index >= 15 is 0 Å². The first kappa shape index (κ1) is 16.1. The molecule has 1 aliphatic rings. The molecule has 3 aromatic rings. The number of hydrogen-bond donors (Lipinski definition) is 0. The summed E-state index contributed by atoms with van der Waals surface area (Å²) >= 11 is 0. The number of benzene rings is 2. The predicted molar refractivity (Wildman–Crippen MR) is 99.3 cm³/mol. The Morgan fingerprint density at radius 1 is 0.880 bits per heavy atom. The summed E-state index contributed by atoms with van der Waals surface area (Å²) in [5, 5.41) is 0. The SMILES string of the molecule is CN(C)CCOc1ccc2nc3cc(OCC4CC4)ccc3nc2c1. The average Bonchev–Trinajstić information content (AvgIpc) is 3.42. The van der Waals surface area contributed by atoms with Crippen molar-refractivity contribution < 1.29 is 9.47 Å². The summed E-state index contributed by atoms with van der Waals surface area (Å²) in [5.41, 5.74) is 3.45. The van der Waals surface area contributed by atoms with Gasteiger partial charge in [0.2, 0.25) is 0 Å². The van der Waals surface area contributed by atoms with Gasteiger partial charge in [0.25, 0.3) is 0 Å². The highest BCUT2D eigenvalue weighted by molar-refractivity contribution is 5.87. The summed E-state index contributed by atoms with van der Waals surface area (Å²) < 4.78 is 11.6. The topological polar surface area (TPSA) is 47.5 Å². The fourth-order valence-electron chi connectivity index (χ4n) is 2.66. The van der Waals surface area contributed by atoms with Crippen molar-refractivity contribution in [1.29, 1.82) is 0 Å². The van der Waals surface area contributed by atoms with E-state index in [4.69, 9.17) is 19.4 Å². The van der Waals surface area contributed by atoms with E-state index in [1.807, 2.05) is 50.5 Å². The molecule has 1 heterocycles. The lowest BCUT2D eigenvalue weighted by molar-refractivity contribution is 0.261. The summed E-state index contributed by atoms with van der Waals surface area (Å²) in [6, 6.07) is 11.8. The molecule has 1 fully saturated rings. The molecule has 130 valence electrons. The molecule has 0 N–H and O–H groups in total. The fourth-order valence-corrected chi connectivity index (χ4v) is 2.66. The van der Waals surface area contributed by atoms with Gasteiger partial charge in [-0.15, -0.1) is 0 Å². The van der Waals surface area contributed by atoms with Crippen molar-refractivity contribution in [2.45, 2.75) is 12.8 Å². The van der Waals surface area contributed by atoms with Gasteiger partial charge in [-0.2, -0.15) is 0 Å². The number of likely N-dealkylation sites (N-methyl/N-ethyl adjacent to an activating group) is 1. The zero-order chi connectivity index (χ0) is 17.2. The van der Waals surface area contributed by atoms with Crippen LogP contribution >= 0.6 is 0 Å². The molecule has 0 spiro atoms. The molecule has 0 atom stereocenters. The van der Waals surface area contributed by atoms with Crippen LogP contribution in [0.15, 0.2) is 36.4 Å². The minimum Gasteiger partial charge on any atom is -0.493 e. The van der Waals surface area contributed by atoms with Crippen LogP contribution in [0.25, 0.3) is 22.1 Å². The number of nitrogens with zero attached hydrogens (tertiary/aromatic N) is 3. The smallest absolute Gasteiger partial charge is 0.121 e. The van der Waals surface area contributed by atoms with Gasteiger partial charge in [0, 0.05) is 18.7 Å². The van der Waals surface area contributed by atoms with Crippen LogP contribution in [0.5, 0.6) is 11.5 Å². The maximum Gasteiger partial charge on any atom is 0.121 e. The normalized spacial score (nSPS) is 14.4. The van der Waals surface area contributed by atoms with E-state index in [1.165, 1.54) is 12.8 Å². The number of ether oxygens (including phenoxy) is 2. The molecule has 4 rings (SSSR count). The van der Waals surface area contributed by atoms with Gasteiger partial charge in [-0.05, 0) is 57.1 Å². The summed E-state index contributed by atoms with van der Waals surface area (Å²) in [4.78, 5) is 11.5. The van der Waals surface area contributed by atoms with E-state index in [-0.39, 0.29) is 0 Å². The van der Waals surface area contributed by atoms with Crippen LogP contribution in [0.2, 0.25) is 0 Å². The lowest BCUT2D eigenvalue weighted by Gasteiger charge is -2.11. The molecule has 0 radical (unpaired) electrons. The van der Waals surface area contributed by atoms with Crippen molar-refractivity contribution in [2.24, 2.45) is 5.92 Å². The second kappa shape index (κ2) is 6.84. The molecular weight excluding hydrogens is 314 g/mol. The van der Waals surface area contributed by atoms with Crippen molar-refractivity contribution in [2.75, 3.05) is 33.9 Å². The van der Waals surface area contributed by atoms with Gasteiger partial charge in [-0.25, -0.2) is 9.97 Å². The van der Waals surface area contributed by atoms with Gasteiger partial charge < -0.3 is 14.4 Å². The van der Waals surface area contributed by atoms with E-state index in [1.54, 1.807) is 0 Å². The lowest BCUT2D eigenvalue weighted by Crippen LogP contribution is -2.19. The monoisotopic (exact) mass is 337 g/mol. The minimum absolute atomic E-state index is 0.654. The first-order valence-corrected chi connectivity index (χ1v) is 8.79. The predicted octanol–water partition coefficient (Wildman–Crippen LogP) is 3.51. The summed E-state index contributed by atoms with van der Waals surface area (Å²) in [6.07, 6.45) is 2.58. The van der Waals surface area contributed by atoms with Crippen molar-refractivity contribution >= 4 is 22.1 Å². The number of aromatic nitrogens is 2. The van der Waals surface area contributed by atoms with E-state index in [2.05, 4.69) is 4.90 Å². The van der Waals surface area contributed by atoms with Gasteiger partial charge in [0.1, 0.15) is 18.1 Å². The van der Waals surface area contributed by atoms with E-state index < -0.39 is 0 Å². The van der Waals surface area contributed by atoms with Gasteiger partial charge in [-0.1, -0.05) is 0 Å². The second-order valence-corrected chi connectivity index (χ2v) is 6.93. The Bertz CT molecular complexity index is 891. The van der Waals surface area contributed by atoms with Crippen LogP contribution in [0.1, 0.15) is 12.8 Å². The zero-order valence-corrected chi connectivity index (χ0v) is 14.7. The van der Waals surface area contributed by atoms with Crippen LogP contribution in [-0.2, 0) is 0 Å². The van der Waals surface area contributed by atoms with Crippen molar-refractivity contribution in [3.05, 3.63) is 36.4 Å². The van der Waals surface area contributed by atoms with E-state index in [0.717, 1.165) is 52.6 Å². The molecule has 0 saturated heterocycles. The van der Waals surface area contributed by atoms with Crippen molar-refractivity contribution in [1.82, 2.24) is 14.9 Å². The minimum atomic E-state index is 0.654. The molecule has 1 aliphatic carbocycles. The summed E-state index contributed by atoms with van der Waals surface area (Å²) in [7, 11) is 4.06. The first-order valence-electron chi connectivity index (χ1n) is 8.79. The van der Waals surface area contributed by atoms with Crippen LogP contribution in [0, 0.1) is 5.92 Å². The number of fused-ring (bicyclic) bond motifs is 2.